The van der Waals surface area contributed by atoms with Crippen LogP contribution in [0.2, 0.25) is 5.02 Å². The van der Waals surface area contributed by atoms with Crippen LogP contribution >= 0.6 is 11.6 Å². The zero-order chi connectivity index (χ0) is 10.3. The number of aromatic nitrogens is 1. The van der Waals surface area contributed by atoms with Crippen molar-refractivity contribution in [2.75, 3.05) is 0 Å². The number of aromatic amines is 1. The number of hydrogen-bond acceptors (Lipinski definition) is 1. The van der Waals surface area contributed by atoms with E-state index in [4.69, 9.17) is 16.7 Å². The standard InChI is InChI=1S/C10H8ClNO2/c1-5-2-6-7(10(13)14)4-12-9(6)8(11)3-5/h2-4,12H,1H3,(H,13,14). The summed E-state index contributed by atoms with van der Waals surface area (Å²) < 4.78 is 0. The van der Waals surface area contributed by atoms with Gasteiger partial charge in [-0.25, -0.2) is 4.79 Å². The van der Waals surface area contributed by atoms with Crippen molar-refractivity contribution in [3.8, 4) is 0 Å². The predicted molar refractivity (Wildman–Crippen MR) is 55.0 cm³/mol. The lowest BCUT2D eigenvalue weighted by molar-refractivity contribution is 0.0699. The van der Waals surface area contributed by atoms with Gasteiger partial charge >= 0.3 is 5.97 Å². The van der Waals surface area contributed by atoms with Crippen molar-refractivity contribution in [3.63, 3.8) is 0 Å². The lowest BCUT2D eigenvalue weighted by atomic mass is 10.1. The Kier molecular flexibility index (Phi) is 1.97. The van der Waals surface area contributed by atoms with Gasteiger partial charge in [0.15, 0.2) is 0 Å². The van der Waals surface area contributed by atoms with Crippen LogP contribution in [0.4, 0.5) is 0 Å². The summed E-state index contributed by atoms with van der Waals surface area (Å²) in [4.78, 5) is 13.7. The molecule has 3 nitrogen and oxygen atoms in total. The van der Waals surface area contributed by atoms with Gasteiger partial charge in [0.2, 0.25) is 0 Å². The monoisotopic (exact) mass is 209 g/mol. The van der Waals surface area contributed by atoms with Crippen LogP contribution < -0.4 is 0 Å². The molecule has 1 aromatic heterocycles. The number of benzene rings is 1. The molecule has 72 valence electrons. The topological polar surface area (TPSA) is 53.1 Å². The van der Waals surface area contributed by atoms with Gasteiger partial charge in [0.25, 0.3) is 0 Å². The van der Waals surface area contributed by atoms with Crippen molar-refractivity contribution in [1.29, 1.82) is 0 Å². The molecule has 0 spiro atoms. The van der Waals surface area contributed by atoms with Crippen molar-refractivity contribution in [2.24, 2.45) is 0 Å². The normalized spacial score (nSPS) is 10.7. The van der Waals surface area contributed by atoms with Crippen LogP contribution in [0, 0.1) is 6.92 Å². The van der Waals surface area contributed by atoms with Crippen LogP contribution in [0.25, 0.3) is 10.9 Å². The molecule has 0 atom stereocenters. The van der Waals surface area contributed by atoms with Crippen molar-refractivity contribution >= 4 is 28.5 Å². The van der Waals surface area contributed by atoms with Crippen molar-refractivity contribution in [3.05, 3.63) is 34.5 Å². The summed E-state index contributed by atoms with van der Waals surface area (Å²) in [5.74, 6) is -0.946. The zero-order valence-corrected chi connectivity index (χ0v) is 8.22. The Morgan fingerprint density at radius 3 is 2.86 bits per heavy atom. The number of rotatable bonds is 1. The maximum Gasteiger partial charge on any atom is 0.337 e. The molecule has 0 aliphatic heterocycles. The third-order valence-corrected chi connectivity index (χ3v) is 2.41. The van der Waals surface area contributed by atoms with Crippen molar-refractivity contribution in [2.45, 2.75) is 6.92 Å². The molecule has 14 heavy (non-hydrogen) atoms. The summed E-state index contributed by atoms with van der Waals surface area (Å²) >= 11 is 5.96. The first-order valence-electron chi connectivity index (χ1n) is 4.10. The first kappa shape index (κ1) is 9.09. The molecule has 1 aromatic carbocycles. The van der Waals surface area contributed by atoms with E-state index >= 15 is 0 Å². The van der Waals surface area contributed by atoms with Gasteiger partial charge in [-0.3, -0.25) is 0 Å². The Morgan fingerprint density at radius 2 is 2.21 bits per heavy atom. The average Bonchev–Trinajstić information content (AvgIpc) is 2.47. The van der Waals surface area contributed by atoms with E-state index in [0.717, 1.165) is 5.56 Å². The molecule has 0 aliphatic rings. The minimum absolute atomic E-state index is 0.255. The Labute approximate surface area is 85.3 Å². The fourth-order valence-electron chi connectivity index (χ4n) is 1.50. The Bertz CT molecular complexity index is 516. The molecule has 0 bridgehead atoms. The number of aryl methyl sites for hydroxylation is 1. The first-order valence-corrected chi connectivity index (χ1v) is 4.48. The molecule has 2 N–H and O–H groups in total. The number of nitrogens with one attached hydrogen (secondary N) is 1. The second kappa shape index (κ2) is 3.03. The van der Waals surface area contributed by atoms with E-state index < -0.39 is 5.97 Å². The number of carbonyl (C=O) groups is 1. The highest BCUT2D eigenvalue weighted by Gasteiger charge is 2.12. The van der Waals surface area contributed by atoms with Crippen LogP contribution in [-0.2, 0) is 0 Å². The molecule has 1 heterocycles. The van der Waals surface area contributed by atoms with E-state index in [0.29, 0.717) is 15.9 Å². The Balaban J connectivity index is 2.85. The average molecular weight is 210 g/mol. The summed E-state index contributed by atoms with van der Waals surface area (Å²) in [5, 5.41) is 10.1. The fourth-order valence-corrected chi connectivity index (χ4v) is 1.83. The smallest absolute Gasteiger partial charge is 0.337 e. The minimum atomic E-state index is -0.946. The first-order chi connectivity index (χ1) is 6.59. The third kappa shape index (κ3) is 1.26. The van der Waals surface area contributed by atoms with Gasteiger partial charge in [0.1, 0.15) is 0 Å². The van der Waals surface area contributed by atoms with E-state index in [1.807, 2.05) is 6.92 Å². The number of carboxylic acid groups (broad SMARTS) is 1. The summed E-state index contributed by atoms with van der Waals surface area (Å²) in [7, 11) is 0. The summed E-state index contributed by atoms with van der Waals surface area (Å²) in [5.41, 5.74) is 1.88. The van der Waals surface area contributed by atoms with Crippen LogP contribution in [0.5, 0.6) is 0 Å². The van der Waals surface area contributed by atoms with Gasteiger partial charge in [-0.15, -0.1) is 0 Å². The van der Waals surface area contributed by atoms with Crippen LogP contribution in [-0.4, -0.2) is 16.1 Å². The third-order valence-electron chi connectivity index (χ3n) is 2.12. The van der Waals surface area contributed by atoms with Gasteiger partial charge < -0.3 is 10.1 Å². The van der Waals surface area contributed by atoms with Gasteiger partial charge in [0.05, 0.1) is 16.1 Å². The largest absolute Gasteiger partial charge is 0.478 e. The van der Waals surface area contributed by atoms with E-state index in [1.54, 1.807) is 12.1 Å². The van der Waals surface area contributed by atoms with E-state index in [9.17, 15) is 4.79 Å². The number of hydrogen-bond donors (Lipinski definition) is 2. The molecule has 0 amide bonds. The van der Waals surface area contributed by atoms with Gasteiger partial charge in [0, 0.05) is 11.6 Å². The van der Waals surface area contributed by atoms with Gasteiger partial charge in [-0.05, 0) is 24.6 Å². The Hall–Kier alpha value is -1.48. The zero-order valence-electron chi connectivity index (χ0n) is 7.47. The maximum atomic E-state index is 10.8. The number of H-pyrrole nitrogens is 1. The highest BCUT2D eigenvalue weighted by molar-refractivity contribution is 6.35. The summed E-state index contributed by atoms with van der Waals surface area (Å²) in [6.07, 6.45) is 1.46. The quantitative estimate of drug-likeness (QED) is 0.759. The molecule has 2 rings (SSSR count). The predicted octanol–water partition coefficient (Wildman–Crippen LogP) is 2.83. The molecule has 0 saturated heterocycles. The van der Waals surface area contributed by atoms with Crippen LogP contribution in [0.1, 0.15) is 15.9 Å². The molecule has 0 saturated carbocycles. The lowest BCUT2D eigenvalue weighted by Crippen LogP contribution is -1.93. The fraction of sp³-hybridized carbons (Fsp3) is 0.100. The summed E-state index contributed by atoms with van der Waals surface area (Å²) in [6, 6.07) is 3.60. The number of aromatic carboxylic acids is 1. The second-order valence-corrected chi connectivity index (χ2v) is 3.58. The molecule has 0 unspecified atom stereocenters. The molecule has 0 radical (unpaired) electrons. The SMILES string of the molecule is Cc1cc(Cl)c2[nH]cc(C(=O)O)c2c1. The molecule has 0 aliphatic carbocycles. The molecule has 0 fully saturated rings. The van der Waals surface area contributed by atoms with Crippen molar-refractivity contribution in [1.82, 2.24) is 4.98 Å². The van der Waals surface area contributed by atoms with Gasteiger partial charge in [-0.1, -0.05) is 11.6 Å². The second-order valence-electron chi connectivity index (χ2n) is 3.18. The Morgan fingerprint density at radius 1 is 1.50 bits per heavy atom. The van der Waals surface area contributed by atoms with E-state index in [2.05, 4.69) is 4.98 Å². The van der Waals surface area contributed by atoms with E-state index in [-0.39, 0.29) is 5.56 Å². The lowest BCUT2D eigenvalue weighted by Gasteiger charge is -1.97. The maximum absolute atomic E-state index is 10.8. The van der Waals surface area contributed by atoms with Crippen LogP contribution in [0.15, 0.2) is 18.3 Å². The number of halogens is 1. The molecular weight excluding hydrogens is 202 g/mol. The number of fused-ring (bicyclic) bond motifs is 1. The summed E-state index contributed by atoms with van der Waals surface area (Å²) in [6.45, 7) is 1.88. The highest BCUT2D eigenvalue weighted by Crippen LogP contribution is 2.26. The molecule has 2 aromatic rings. The highest BCUT2D eigenvalue weighted by atomic mass is 35.5. The minimum Gasteiger partial charge on any atom is -0.478 e. The van der Waals surface area contributed by atoms with Gasteiger partial charge in [-0.2, -0.15) is 0 Å². The van der Waals surface area contributed by atoms with Crippen LogP contribution in [0.3, 0.4) is 0 Å². The van der Waals surface area contributed by atoms with Crippen molar-refractivity contribution < 1.29 is 9.90 Å². The number of carboxylic acids is 1. The van der Waals surface area contributed by atoms with E-state index in [1.165, 1.54) is 6.20 Å². The molecular formula is C10H8ClNO2. The molecule has 4 heteroatoms.